The van der Waals surface area contributed by atoms with Gasteiger partial charge in [0.1, 0.15) is 64.8 Å². The lowest BCUT2D eigenvalue weighted by molar-refractivity contribution is -0.277. The number of phenolic OH excluding ortho intramolecular Hbond substituents is 3. The molecule has 0 spiro atoms. The average molecular weight is 450 g/mol. The number of benzene rings is 2. The molecule has 6 atom stereocenters. The molecule has 2 heterocycles. The first kappa shape index (κ1) is 22.1. The van der Waals surface area contributed by atoms with E-state index in [1.807, 2.05) is 0 Å². The van der Waals surface area contributed by atoms with Crippen LogP contribution in [0.15, 0.2) is 30.3 Å². The van der Waals surface area contributed by atoms with E-state index in [1.54, 1.807) is 0 Å². The van der Waals surface area contributed by atoms with Crippen LogP contribution in [0.3, 0.4) is 0 Å². The lowest BCUT2D eigenvalue weighted by atomic mass is 9.95. The summed E-state index contributed by atoms with van der Waals surface area (Å²) < 4.78 is 16.5. The fourth-order valence-corrected chi connectivity index (χ4v) is 3.75. The van der Waals surface area contributed by atoms with E-state index in [1.165, 1.54) is 24.3 Å². The number of rotatable bonds is 4. The number of Topliss-reactive ketones (excluding diaryl/α,β-unsaturated/α-hetero) is 1. The second kappa shape index (κ2) is 8.45. The van der Waals surface area contributed by atoms with Gasteiger partial charge in [0, 0.05) is 17.7 Å². The summed E-state index contributed by atoms with van der Waals surface area (Å²) in [6.07, 6.45) is -8.76. The summed E-state index contributed by atoms with van der Waals surface area (Å²) in [5.41, 5.74) is 0.0609. The molecule has 11 heteroatoms. The Morgan fingerprint density at radius 1 is 0.969 bits per heavy atom. The molecule has 0 radical (unpaired) electrons. The third-order valence-electron chi connectivity index (χ3n) is 5.43. The highest BCUT2D eigenvalue weighted by atomic mass is 16.7. The first-order chi connectivity index (χ1) is 15.2. The summed E-state index contributed by atoms with van der Waals surface area (Å²) in [5, 5.41) is 69.3. The number of aliphatic hydroxyl groups excluding tert-OH is 4. The Morgan fingerprint density at radius 3 is 2.44 bits per heavy atom. The first-order valence-electron chi connectivity index (χ1n) is 9.75. The summed E-state index contributed by atoms with van der Waals surface area (Å²) in [7, 11) is 0. The third-order valence-corrected chi connectivity index (χ3v) is 5.43. The average Bonchev–Trinajstić information content (AvgIpc) is 2.75. The summed E-state index contributed by atoms with van der Waals surface area (Å²) in [5.74, 6) is -1.45. The summed E-state index contributed by atoms with van der Waals surface area (Å²) >= 11 is 0. The molecule has 0 unspecified atom stereocenters. The van der Waals surface area contributed by atoms with E-state index in [0.717, 1.165) is 6.07 Å². The standard InChI is InChI=1S/C21H22O11/c22-7-16-18(27)19(28)20(29)21(32-16)30-9-4-12(25)17-13(26)6-14(31-15(17)5-9)10-3-8(23)1-2-11(10)24/h1-5,14,16,18-25,27-29H,6-7H2/t14-,16+,18-,19+,20+,21-/m0/s1. The number of hydrogen-bond donors (Lipinski definition) is 7. The molecule has 4 rings (SSSR count). The minimum atomic E-state index is -1.68. The van der Waals surface area contributed by atoms with E-state index >= 15 is 0 Å². The van der Waals surface area contributed by atoms with Crippen LogP contribution < -0.4 is 9.47 Å². The van der Waals surface area contributed by atoms with E-state index in [4.69, 9.17) is 14.2 Å². The van der Waals surface area contributed by atoms with Crippen molar-refractivity contribution in [2.24, 2.45) is 0 Å². The number of hydrogen-bond acceptors (Lipinski definition) is 11. The van der Waals surface area contributed by atoms with Crippen LogP contribution in [-0.4, -0.2) is 78.8 Å². The predicted octanol–water partition coefficient (Wildman–Crippen LogP) is -0.311. The zero-order valence-electron chi connectivity index (χ0n) is 16.5. The third kappa shape index (κ3) is 3.92. The van der Waals surface area contributed by atoms with E-state index in [0.29, 0.717) is 0 Å². The Morgan fingerprint density at radius 2 is 1.72 bits per heavy atom. The van der Waals surface area contributed by atoms with Crippen molar-refractivity contribution in [1.82, 2.24) is 0 Å². The molecule has 2 aliphatic rings. The smallest absolute Gasteiger partial charge is 0.229 e. The van der Waals surface area contributed by atoms with Crippen molar-refractivity contribution >= 4 is 5.78 Å². The van der Waals surface area contributed by atoms with Crippen molar-refractivity contribution in [2.45, 2.75) is 43.2 Å². The molecule has 0 bridgehead atoms. The Hall–Kier alpha value is -3.09. The van der Waals surface area contributed by atoms with Crippen LogP contribution in [0.5, 0.6) is 28.7 Å². The normalized spacial score (nSPS) is 29.8. The van der Waals surface area contributed by atoms with Crippen LogP contribution in [-0.2, 0) is 4.74 Å². The molecule has 11 nitrogen and oxygen atoms in total. The highest BCUT2D eigenvalue weighted by Gasteiger charge is 2.45. The van der Waals surface area contributed by atoms with E-state index in [-0.39, 0.29) is 40.5 Å². The van der Waals surface area contributed by atoms with Crippen molar-refractivity contribution < 1.29 is 54.8 Å². The van der Waals surface area contributed by atoms with E-state index in [2.05, 4.69) is 0 Å². The zero-order valence-corrected chi connectivity index (χ0v) is 16.5. The molecule has 1 saturated heterocycles. The molecule has 7 N–H and O–H groups in total. The van der Waals surface area contributed by atoms with Gasteiger partial charge < -0.3 is 50.0 Å². The monoisotopic (exact) mass is 450 g/mol. The Labute approximate surface area is 181 Å². The SMILES string of the molecule is O=C1C[C@@H](c2cc(O)ccc2O)Oc2cc(O[C@H]3O[C@H](CO)[C@H](O)[C@@H](O)[C@H]3O)cc(O)c21. The maximum Gasteiger partial charge on any atom is 0.229 e. The van der Waals surface area contributed by atoms with Crippen molar-refractivity contribution in [2.75, 3.05) is 6.61 Å². The number of fused-ring (bicyclic) bond motifs is 1. The molecule has 1 fully saturated rings. The second-order valence-electron chi connectivity index (χ2n) is 7.61. The molecule has 2 aliphatic heterocycles. The lowest BCUT2D eigenvalue weighted by Crippen LogP contribution is -2.60. The molecule has 0 saturated carbocycles. The minimum Gasteiger partial charge on any atom is -0.508 e. The van der Waals surface area contributed by atoms with Gasteiger partial charge in [-0.25, -0.2) is 0 Å². The zero-order chi connectivity index (χ0) is 23.2. The quantitative estimate of drug-likeness (QED) is 0.303. The number of phenols is 3. The molecule has 0 aliphatic carbocycles. The molecule has 172 valence electrons. The van der Waals surface area contributed by atoms with Gasteiger partial charge in [-0.15, -0.1) is 0 Å². The van der Waals surface area contributed by atoms with Crippen LogP contribution in [0, 0.1) is 0 Å². The summed E-state index contributed by atoms with van der Waals surface area (Å²) in [4.78, 5) is 12.6. The number of aromatic hydroxyl groups is 3. The van der Waals surface area contributed by atoms with Gasteiger partial charge in [-0.3, -0.25) is 4.79 Å². The Kier molecular flexibility index (Phi) is 5.84. The van der Waals surface area contributed by atoms with Gasteiger partial charge in [0.25, 0.3) is 0 Å². The molecule has 32 heavy (non-hydrogen) atoms. The molecule has 2 aromatic rings. The largest absolute Gasteiger partial charge is 0.508 e. The van der Waals surface area contributed by atoms with Crippen molar-refractivity contribution in [3.63, 3.8) is 0 Å². The van der Waals surface area contributed by atoms with E-state index in [9.17, 15) is 40.5 Å². The van der Waals surface area contributed by atoms with Gasteiger partial charge in [0.05, 0.1) is 13.0 Å². The van der Waals surface area contributed by atoms with Crippen molar-refractivity contribution in [3.05, 3.63) is 41.5 Å². The lowest BCUT2D eigenvalue weighted by Gasteiger charge is -2.39. The second-order valence-corrected chi connectivity index (χ2v) is 7.61. The van der Waals surface area contributed by atoms with Gasteiger partial charge in [0.15, 0.2) is 5.78 Å². The van der Waals surface area contributed by atoms with Crippen LogP contribution in [0.2, 0.25) is 0 Å². The van der Waals surface area contributed by atoms with Gasteiger partial charge in [-0.05, 0) is 18.2 Å². The number of aliphatic hydroxyl groups is 4. The number of ketones is 1. The van der Waals surface area contributed by atoms with Crippen LogP contribution in [0.25, 0.3) is 0 Å². The summed E-state index contributed by atoms with van der Waals surface area (Å²) in [6, 6.07) is 6.13. The highest BCUT2D eigenvalue weighted by molar-refractivity contribution is 6.02. The summed E-state index contributed by atoms with van der Waals surface area (Å²) in [6.45, 7) is -0.646. The number of carbonyl (C=O) groups is 1. The van der Waals surface area contributed by atoms with Crippen LogP contribution >= 0.6 is 0 Å². The highest BCUT2D eigenvalue weighted by Crippen LogP contribution is 2.44. The maximum absolute atomic E-state index is 12.6. The Bertz CT molecular complexity index is 1020. The maximum atomic E-state index is 12.6. The molecule has 2 aromatic carbocycles. The minimum absolute atomic E-state index is 0.0754. The van der Waals surface area contributed by atoms with Crippen LogP contribution in [0.4, 0.5) is 0 Å². The number of ether oxygens (including phenoxy) is 3. The Balaban J connectivity index is 1.62. The van der Waals surface area contributed by atoms with Crippen LogP contribution in [0.1, 0.15) is 28.4 Å². The molecular weight excluding hydrogens is 428 g/mol. The van der Waals surface area contributed by atoms with Gasteiger partial charge in [-0.2, -0.15) is 0 Å². The van der Waals surface area contributed by atoms with Gasteiger partial charge in [-0.1, -0.05) is 0 Å². The first-order valence-corrected chi connectivity index (χ1v) is 9.75. The number of carbonyl (C=O) groups excluding carboxylic acids is 1. The fraction of sp³-hybridized carbons (Fsp3) is 0.381. The topological polar surface area (TPSA) is 186 Å². The van der Waals surface area contributed by atoms with Gasteiger partial charge in [0.2, 0.25) is 6.29 Å². The van der Waals surface area contributed by atoms with Gasteiger partial charge >= 0.3 is 0 Å². The molecule has 0 amide bonds. The van der Waals surface area contributed by atoms with Crippen molar-refractivity contribution in [3.8, 4) is 28.7 Å². The van der Waals surface area contributed by atoms with E-state index < -0.39 is 54.9 Å². The molecule has 0 aromatic heterocycles. The predicted molar refractivity (Wildman–Crippen MR) is 105 cm³/mol. The molecular formula is C21H22O11. The fourth-order valence-electron chi connectivity index (χ4n) is 3.75. The van der Waals surface area contributed by atoms with Crippen molar-refractivity contribution in [1.29, 1.82) is 0 Å².